The second-order valence-electron chi connectivity index (χ2n) is 3.95. The summed E-state index contributed by atoms with van der Waals surface area (Å²) in [6.45, 7) is 3.80. The van der Waals surface area contributed by atoms with Crippen molar-refractivity contribution in [3.05, 3.63) is 29.8 Å². The molecule has 0 spiro atoms. The Bertz CT molecular complexity index is 457. The zero-order valence-electron chi connectivity index (χ0n) is 10.4. The van der Waals surface area contributed by atoms with Gasteiger partial charge >= 0.3 is 0 Å². The zero-order chi connectivity index (χ0) is 12.9. The van der Waals surface area contributed by atoms with Crippen molar-refractivity contribution in [1.29, 1.82) is 0 Å². The highest BCUT2D eigenvalue weighted by Gasteiger charge is 2.19. The van der Waals surface area contributed by atoms with Crippen LogP contribution in [-0.2, 0) is 10.0 Å². The first-order valence-electron chi connectivity index (χ1n) is 5.58. The molecule has 0 radical (unpaired) electrons. The summed E-state index contributed by atoms with van der Waals surface area (Å²) in [7, 11) is -3.39. The number of hydrogen-bond donors (Lipinski definition) is 1. The van der Waals surface area contributed by atoms with Gasteiger partial charge in [0.1, 0.15) is 0 Å². The summed E-state index contributed by atoms with van der Waals surface area (Å²) in [6.07, 6.45) is 2.77. The number of benzene rings is 1. The highest BCUT2D eigenvalue weighted by molar-refractivity contribution is 7.98. The lowest BCUT2D eigenvalue weighted by Gasteiger charge is -2.16. The molecular formula is C12H19NO2S2. The number of aryl methyl sites for hydroxylation is 1. The van der Waals surface area contributed by atoms with Crippen LogP contribution in [0.4, 0.5) is 0 Å². The van der Waals surface area contributed by atoms with Gasteiger partial charge in [0, 0.05) is 11.8 Å². The van der Waals surface area contributed by atoms with Gasteiger partial charge in [-0.25, -0.2) is 13.1 Å². The van der Waals surface area contributed by atoms with Crippen molar-refractivity contribution in [3.63, 3.8) is 0 Å². The quantitative estimate of drug-likeness (QED) is 0.866. The molecule has 1 atom stereocenters. The van der Waals surface area contributed by atoms with E-state index in [9.17, 15) is 8.42 Å². The van der Waals surface area contributed by atoms with Gasteiger partial charge in [0.25, 0.3) is 0 Å². The van der Waals surface area contributed by atoms with Crippen LogP contribution in [0.15, 0.2) is 29.2 Å². The highest BCUT2D eigenvalue weighted by Crippen LogP contribution is 2.15. The third kappa shape index (κ3) is 4.01. The fraction of sp³-hybridized carbons (Fsp3) is 0.500. The van der Waals surface area contributed by atoms with Crippen LogP contribution in [0.25, 0.3) is 0 Å². The second-order valence-corrected chi connectivity index (χ2v) is 6.54. The van der Waals surface area contributed by atoms with Crippen molar-refractivity contribution in [2.24, 2.45) is 0 Å². The van der Waals surface area contributed by atoms with Crippen molar-refractivity contribution in [3.8, 4) is 0 Å². The van der Waals surface area contributed by atoms with Crippen LogP contribution in [0, 0.1) is 6.92 Å². The monoisotopic (exact) mass is 273 g/mol. The first-order chi connectivity index (χ1) is 8.01. The smallest absolute Gasteiger partial charge is 0.207 e. The molecule has 0 fully saturated rings. The topological polar surface area (TPSA) is 46.2 Å². The lowest BCUT2D eigenvalue weighted by molar-refractivity contribution is 0.557. The number of hydrogen-bond acceptors (Lipinski definition) is 3. The van der Waals surface area contributed by atoms with E-state index in [4.69, 9.17) is 0 Å². The van der Waals surface area contributed by atoms with Crippen molar-refractivity contribution in [1.82, 2.24) is 4.72 Å². The fourth-order valence-electron chi connectivity index (χ4n) is 1.58. The van der Waals surface area contributed by atoms with E-state index in [1.807, 2.05) is 32.2 Å². The third-order valence-corrected chi connectivity index (χ3v) is 4.98. The molecule has 0 amide bonds. The molecule has 1 aromatic carbocycles. The Morgan fingerprint density at radius 2 is 2.00 bits per heavy atom. The molecule has 3 nitrogen and oxygen atoms in total. The summed E-state index contributed by atoms with van der Waals surface area (Å²) in [6, 6.07) is 7.03. The van der Waals surface area contributed by atoms with E-state index in [0.717, 1.165) is 17.7 Å². The summed E-state index contributed by atoms with van der Waals surface area (Å²) in [5.74, 6) is 0.793. The molecule has 1 aromatic rings. The van der Waals surface area contributed by atoms with Crippen molar-refractivity contribution < 1.29 is 8.42 Å². The van der Waals surface area contributed by atoms with Crippen molar-refractivity contribution in [2.45, 2.75) is 31.2 Å². The van der Waals surface area contributed by atoms with Crippen LogP contribution < -0.4 is 4.72 Å². The first-order valence-corrected chi connectivity index (χ1v) is 8.46. The molecule has 0 bridgehead atoms. The normalized spacial score (nSPS) is 13.6. The number of rotatable bonds is 6. The lowest BCUT2D eigenvalue weighted by Crippen LogP contribution is -2.36. The molecule has 0 aliphatic rings. The predicted molar refractivity (Wildman–Crippen MR) is 74.0 cm³/mol. The standard InChI is InChI=1S/C12H19NO2S2/c1-4-11(9-16-3)13-17(14,15)12-8-6-5-7-10(12)2/h5-8,11,13H,4,9H2,1-3H3. The van der Waals surface area contributed by atoms with Gasteiger partial charge < -0.3 is 0 Å². The van der Waals surface area contributed by atoms with E-state index in [1.165, 1.54) is 0 Å². The van der Waals surface area contributed by atoms with Gasteiger partial charge in [-0.1, -0.05) is 25.1 Å². The van der Waals surface area contributed by atoms with Gasteiger partial charge in [0.2, 0.25) is 10.0 Å². The van der Waals surface area contributed by atoms with Gasteiger partial charge in [0.05, 0.1) is 4.90 Å². The summed E-state index contributed by atoms with van der Waals surface area (Å²) in [5.41, 5.74) is 0.777. The van der Waals surface area contributed by atoms with Crippen LogP contribution in [0.2, 0.25) is 0 Å². The summed E-state index contributed by atoms with van der Waals surface area (Å²) >= 11 is 1.65. The molecule has 0 aromatic heterocycles. The molecule has 96 valence electrons. The van der Waals surface area contributed by atoms with Gasteiger partial charge in [-0.15, -0.1) is 0 Å². The number of nitrogens with one attached hydrogen (secondary N) is 1. The molecule has 1 unspecified atom stereocenters. The summed E-state index contributed by atoms with van der Waals surface area (Å²) in [5, 5.41) is 0. The van der Waals surface area contributed by atoms with Gasteiger partial charge in [-0.3, -0.25) is 0 Å². The average Bonchev–Trinajstić information content (AvgIpc) is 2.28. The molecule has 0 saturated carbocycles. The zero-order valence-corrected chi connectivity index (χ0v) is 12.1. The summed E-state index contributed by atoms with van der Waals surface area (Å²) < 4.78 is 27.1. The molecule has 0 heterocycles. The Labute approximate surface area is 108 Å². The van der Waals surface area contributed by atoms with Gasteiger partial charge in [-0.2, -0.15) is 11.8 Å². The largest absolute Gasteiger partial charge is 0.241 e. The van der Waals surface area contributed by atoms with Crippen molar-refractivity contribution >= 4 is 21.8 Å². The maximum atomic E-state index is 12.2. The minimum absolute atomic E-state index is 0.00499. The third-order valence-electron chi connectivity index (χ3n) is 2.57. The van der Waals surface area contributed by atoms with Crippen LogP contribution in [0.3, 0.4) is 0 Å². The average molecular weight is 273 g/mol. The Hall–Kier alpha value is -0.520. The van der Waals surface area contributed by atoms with E-state index in [-0.39, 0.29) is 6.04 Å². The molecular weight excluding hydrogens is 254 g/mol. The molecule has 0 aliphatic carbocycles. The van der Waals surface area contributed by atoms with E-state index in [0.29, 0.717) is 4.90 Å². The van der Waals surface area contributed by atoms with Crippen LogP contribution >= 0.6 is 11.8 Å². The predicted octanol–water partition coefficient (Wildman–Crippen LogP) is 2.41. The molecule has 17 heavy (non-hydrogen) atoms. The van der Waals surface area contributed by atoms with Crippen molar-refractivity contribution in [2.75, 3.05) is 12.0 Å². The molecule has 0 aliphatic heterocycles. The van der Waals surface area contributed by atoms with Crippen LogP contribution in [0.1, 0.15) is 18.9 Å². The van der Waals surface area contributed by atoms with E-state index in [2.05, 4.69) is 4.72 Å². The first kappa shape index (κ1) is 14.5. The maximum absolute atomic E-state index is 12.2. The van der Waals surface area contributed by atoms with E-state index in [1.54, 1.807) is 23.9 Å². The number of thioether (sulfide) groups is 1. The maximum Gasteiger partial charge on any atom is 0.241 e. The molecule has 1 rings (SSSR count). The van der Waals surface area contributed by atoms with Gasteiger partial charge in [0.15, 0.2) is 0 Å². The Morgan fingerprint density at radius 3 is 2.53 bits per heavy atom. The van der Waals surface area contributed by atoms with E-state index >= 15 is 0 Å². The Kier molecular flexibility index (Phi) is 5.49. The second kappa shape index (κ2) is 6.42. The Morgan fingerprint density at radius 1 is 1.35 bits per heavy atom. The molecule has 5 heteroatoms. The Balaban J connectivity index is 2.92. The SMILES string of the molecule is CCC(CSC)NS(=O)(=O)c1ccccc1C. The minimum atomic E-state index is -3.39. The van der Waals surface area contributed by atoms with Crippen LogP contribution in [-0.4, -0.2) is 26.5 Å². The van der Waals surface area contributed by atoms with Gasteiger partial charge in [-0.05, 0) is 31.2 Å². The fourth-order valence-corrected chi connectivity index (χ4v) is 3.97. The molecule has 0 saturated heterocycles. The highest BCUT2D eigenvalue weighted by atomic mass is 32.2. The van der Waals surface area contributed by atoms with E-state index < -0.39 is 10.0 Å². The summed E-state index contributed by atoms with van der Waals surface area (Å²) in [4.78, 5) is 0.375. The lowest BCUT2D eigenvalue weighted by atomic mass is 10.2. The molecule has 1 N–H and O–H groups in total. The minimum Gasteiger partial charge on any atom is -0.207 e. The van der Waals surface area contributed by atoms with Crippen LogP contribution in [0.5, 0.6) is 0 Å². The number of sulfonamides is 1.